The molecule has 0 spiro atoms. The van der Waals surface area contributed by atoms with Crippen LogP contribution in [0.5, 0.6) is 0 Å². The summed E-state index contributed by atoms with van der Waals surface area (Å²) in [6.07, 6.45) is 4.10. The van der Waals surface area contributed by atoms with Crippen molar-refractivity contribution in [1.29, 1.82) is 0 Å². The lowest BCUT2D eigenvalue weighted by atomic mass is 9.80. The van der Waals surface area contributed by atoms with Gasteiger partial charge in [0.2, 0.25) is 0 Å². The predicted octanol–water partition coefficient (Wildman–Crippen LogP) is 2.63. The molecule has 1 aromatic rings. The Balaban J connectivity index is 2.16. The largest absolute Gasteiger partial charge is 0.375 e. The maximum absolute atomic E-state index is 12.2. The van der Waals surface area contributed by atoms with Crippen LogP contribution in [0.3, 0.4) is 0 Å². The Labute approximate surface area is 107 Å². The van der Waals surface area contributed by atoms with Crippen LogP contribution < -0.4 is 5.32 Å². The van der Waals surface area contributed by atoms with E-state index in [-0.39, 0.29) is 11.8 Å². The molecule has 2 aliphatic rings. The van der Waals surface area contributed by atoms with Gasteiger partial charge in [0.1, 0.15) is 0 Å². The fourth-order valence-corrected chi connectivity index (χ4v) is 3.51. The summed E-state index contributed by atoms with van der Waals surface area (Å²) in [5, 5.41) is 13.8. The van der Waals surface area contributed by atoms with Crippen LogP contribution in [0.4, 0.5) is 5.69 Å². The van der Waals surface area contributed by atoms with Crippen molar-refractivity contribution in [3.8, 4) is 0 Å². The molecule has 0 bridgehead atoms. The Bertz CT molecular complexity index is 517. The summed E-state index contributed by atoms with van der Waals surface area (Å²) in [5.41, 5.74) is 2.44. The van der Waals surface area contributed by atoms with Gasteiger partial charge in [-0.3, -0.25) is 4.79 Å². The van der Waals surface area contributed by atoms with Crippen molar-refractivity contribution in [3.05, 3.63) is 28.8 Å². The van der Waals surface area contributed by atoms with Crippen molar-refractivity contribution in [2.75, 3.05) is 5.32 Å². The summed E-state index contributed by atoms with van der Waals surface area (Å²) in [6.45, 7) is 3.98. The van der Waals surface area contributed by atoms with Crippen LogP contribution in [0.25, 0.3) is 0 Å². The van der Waals surface area contributed by atoms with Gasteiger partial charge in [0, 0.05) is 11.5 Å². The molecule has 1 amide bonds. The lowest BCUT2D eigenvalue weighted by Gasteiger charge is -2.28. The maximum atomic E-state index is 12.2. The summed E-state index contributed by atoms with van der Waals surface area (Å²) in [6, 6.07) is 4.00. The zero-order valence-corrected chi connectivity index (χ0v) is 10.9. The van der Waals surface area contributed by atoms with Gasteiger partial charge in [-0.05, 0) is 32.3 Å². The minimum atomic E-state index is -1.30. The van der Waals surface area contributed by atoms with Crippen LogP contribution in [-0.4, -0.2) is 11.0 Å². The number of anilines is 1. The number of hydrogen-bond donors (Lipinski definition) is 2. The van der Waals surface area contributed by atoms with E-state index < -0.39 is 5.60 Å². The molecule has 3 heteroatoms. The van der Waals surface area contributed by atoms with E-state index in [1.807, 2.05) is 26.0 Å². The molecule has 1 aromatic carbocycles. The normalized spacial score (nSPS) is 27.4. The molecule has 1 saturated carbocycles. The molecule has 2 N–H and O–H groups in total. The number of carbonyl (C=O) groups excluding carboxylic acids is 1. The number of aryl methyl sites for hydroxylation is 2. The van der Waals surface area contributed by atoms with Gasteiger partial charge in [-0.15, -0.1) is 0 Å². The number of aliphatic hydroxyl groups is 1. The van der Waals surface area contributed by atoms with Gasteiger partial charge in [0.25, 0.3) is 5.91 Å². The topological polar surface area (TPSA) is 49.3 Å². The van der Waals surface area contributed by atoms with Gasteiger partial charge in [0.05, 0.1) is 5.69 Å². The van der Waals surface area contributed by atoms with Crippen molar-refractivity contribution in [2.24, 2.45) is 5.92 Å². The first-order valence-corrected chi connectivity index (χ1v) is 6.69. The summed E-state index contributed by atoms with van der Waals surface area (Å²) in [4.78, 5) is 12.2. The number of benzene rings is 1. The van der Waals surface area contributed by atoms with Crippen LogP contribution in [0.15, 0.2) is 12.1 Å². The minimum Gasteiger partial charge on any atom is -0.375 e. The number of carbonyl (C=O) groups is 1. The van der Waals surface area contributed by atoms with Crippen molar-refractivity contribution < 1.29 is 9.90 Å². The average Bonchev–Trinajstić information content (AvgIpc) is 2.91. The number of amides is 1. The zero-order chi connectivity index (χ0) is 12.9. The lowest BCUT2D eigenvalue weighted by molar-refractivity contribution is -0.139. The maximum Gasteiger partial charge on any atom is 0.261 e. The third-order valence-electron chi connectivity index (χ3n) is 4.42. The van der Waals surface area contributed by atoms with Crippen LogP contribution in [-0.2, 0) is 10.4 Å². The van der Waals surface area contributed by atoms with Crippen LogP contribution in [0.2, 0.25) is 0 Å². The van der Waals surface area contributed by atoms with E-state index in [4.69, 9.17) is 0 Å². The van der Waals surface area contributed by atoms with E-state index >= 15 is 0 Å². The standard InChI is InChI=1S/C15H19NO2/c1-9-7-10(2)13-12(8-9)15(18,14(17)16-13)11-5-3-4-6-11/h7-8,11,18H,3-6H2,1-2H3,(H,16,17). The van der Waals surface area contributed by atoms with Crippen LogP contribution in [0, 0.1) is 19.8 Å². The molecule has 1 heterocycles. The third kappa shape index (κ3) is 1.43. The molecule has 1 fully saturated rings. The summed E-state index contributed by atoms with van der Waals surface area (Å²) in [7, 11) is 0. The molecule has 0 radical (unpaired) electrons. The Morgan fingerprint density at radius 2 is 1.94 bits per heavy atom. The molecule has 0 saturated heterocycles. The molecule has 1 atom stereocenters. The van der Waals surface area contributed by atoms with Crippen molar-refractivity contribution in [1.82, 2.24) is 0 Å². The highest BCUT2D eigenvalue weighted by molar-refractivity contribution is 6.06. The monoisotopic (exact) mass is 245 g/mol. The number of nitrogens with one attached hydrogen (secondary N) is 1. The first-order chi connectivity index (χ1) is 8.53. The number of rotatable bonds is 1. The molecule has 96 valence electrons. The predicted molar refractivity (Wildman–Crippen MR) is 70.4 cm³/mol. The van der Waals surface area contributed by atoms with E-state index in [0.717, 1.165) is 48.1 Å². The second-order valence-corrected chi connectivity index (χ2v) is 5.71. The van der Waals surface area contributed by atoms with Crippen LogP contribution >= 0.6 is 0 Å². The molecular weight excluding hydrogens is 226 g/mol. The highest BCUT2D eigenvalue weighted by atomic mass is 16.3. The van der Waals surface area contributed by atoms with Crippen LogP contribution in [0.1, 0.15) is 42.4 Å². The Kier molecular flexibility index (Phi) is 2.49. The smallest absolute Gasteiger partial charge is 0.261 e. The van der Waals surface area contributed by atoms with E-state index in [9.17, 15) is 9.90 Å². The quantitative estimate of drug-likeness (QED) is 0.799. The van der Waals surface area contributed by atoms with Gasteiger partial charge in [-0.1, -0.05) is 30.5 Å². The fourth-order valence-electron chi connectivity index (χ4n) is 3.51. The molecule has 1 aliphatic carbocycles. The van der Waals surface area contributed by atoms with Gasteiger partial charge in [-0.25, -0.2) is 0 Å². The Morgan fingerprint density at radius 1 is 1.28 bits per heavy atom. The molecular formula is C15H19NO2. The molecule has 3 nitrogen and oxygen atoms in total. The summed E-state index contributed by atoms with van der Waals surface area (Å²) < 4.78 is 0. The summed E-state index contributed by atoms with van der Waals surface area (Å²) in [5.74, 6) is -0.168. The summed E-state index contributed by atoms with van der Waals surface area (Å²) >= 11 is 0. The van der Waals surface area contributed by atoms with E-state index in [0.29, 0.717) is 0 Å². The molecule has 1 aliphatic heterocycles. The molecule has 18 heavy (non-hydrogen) atoms. The van der Waals surface area contributed by atoms with E-state index in [1.54, 1.807) is 0 Å². The van der Waals surface area contributed by atoms with Crippen molar-refractivity contribution in [2.45, 2.75) is 45.1 Å². The second-order valence-electron chi connectivity index (χ2n) is 5.71. The van der Waals surface area contributed by atoms with Gasteiger partial charge >= 0.3 is 0 Å². The fraction of sp³-hybridized carbons (Fsp3) is 0.533. The third-order valence-corrected chi connectivity index (χ3v) is 4.42. The average molecular weight is 245 g/mol. The Morgan fingerprint density at radius 3 is 2.61 bits per heavy atom. The van der Waals surface area contributed by atoms with Gasteiger partial charge in [0.15, 0.2) is 5.60 Å². The lowest BCUT2D eigenvalue weighted by Crippen LogP contribution is -2.40. The number of fused-ring (bicyclic) bond motifs is 1. The molecule has 1 unspecified atom stereocenters. The Hall–Kier alpha value is -1.35. The molecule has 0 aromatic heterocycles. The SMILES string of the molecule is Cc1cc(C)c2c(c1)C(O)(C1CCCC1)C(=O)N2. The minimum absolute atomic E-state index is 0.0694. The van der Waals surface area contributed by atoms with Gasteiger partial charge in [-0.2, -0.15) is 0 Å². The van der Waals surface area contributed by atoms with Crippen molar-refractivity contribution >= 4 is 11.6 Å². The van der Waals surface area contributed by atoms with Crippen molar-refractivity contribution in [3.63, 3.8) is 0 Å². The second kappa shape index (κ2) is 3.82. The zero-order valence-electron chi connectivity index (χ0n) is 10.9. The van der Waals surface area contributed by atoms with E-state index in [2.05, 4.69) is 5.32 Å². The highest BCUT2D eigenvalue weighted by Crippen LogP contribution is 2.48. The first-order valence-electron chi connectivity index (χ1n) is 6.69. The van der Waals surface area contributed by atoms with Gasteiger partial charge < -0.3 is 10.4 Å². The van der Waals surface area contributed by atoms with E-state index in [1.165, 1.54) is 0 Å². The molecule has 3 rings (SSSR count). The number of hydrogen-bond acceptors (Lipinski definition) is 2. The first kappa shape index (κ1) is 11.7. The highest BCUT2D eigenvalue weighted by Gasteiger charge is 2.51.